The zero-order chi connectivity index (χ0) is 13.4. The fourth-order valence-electron chi connectivity index (χ4n) is 1.65. The Labute approximate surface area is 109 Å². The van der Waals surface area contributed by atoms with E-state index in [2.05, 4.69) is 30.3 Å². The zero-order valence-electron chi connectivity index (χ0n) is 11.1. The molecule has 18 heavy (non-hydrogen) atoms. The molecule has 0 amide bonds. The summed E-state index contributed by atoms with van der Waals surface area (Å²) in [6.45, 7) is 11.8. The Bertz CT molecular complexity index is 597. The molecule has 0 unspecified atom stereocenters. The highest BCUT2D eigenvalue weighted by Gasteiger charge is 1.97. The molecule has 92 valence electrons. The Balaban J connectivity index is 0.000000771. The molecule has 2 aromatic rings. The Morgan fingerprint density at radius 2 is 1.72 bits per heavy atom. The highest BCUT2D eigenvalue weighted by atomic mass is 14.6. The number of hydrogen-bond donors (Lipinski definition) is 0. The minimum absolute atomic E-state index is 0.872. The van der Waals surface area contributed by atoms with Crippen LogP contribution in [0, 0.1) is 0 Å². The van der Waals surface area contributed by atoms with E-state index in [0.29, 0.717) is 0 Å². The monoisotopic (exact) mass is 237 g/mol. The van der Waals surface area contributed by atoms with Crippen molar-refractivity contribution in [3.8, 4) is 11.1 Å². The van der Waals surface area contributed by atoms with Crippen LogP contribution in [-0.4, -0.2) is 4.98 Å². The quantitative estimate of drug-likeness (QED) is 0.782. The summed E-state index contributed by atoms with van der Waals surface area (Å²) in [5.74, 6) is 0. The van der Waals surface area contributed by atoms with E-state index in [9.17, 15) is 0 Å². The fourth-order valence-corrected chi connectivity index (χ4v) is 1.65. The van der Waals surface area contributed by atoms with Crippen molar-refractivity contribution in [1.29, 1.82) is 0 Å². The molecule has 0 radical (unpaired) electrons. The topological polar surface area (TPSA) is 12.9 Å². The van der Waals surface area contributed by atoms with E-state index in [1.165, 1.54) is 0 Å². The molecule has 0 aliphatic heterocycles. The Kier molecular flexibility index (Phi) is 5.59. The van der Waals surface area contributed by atoms with E-state index in [0.717, 1.165) is 21.7 Å². The van der Waals surface area contributed by atoms with Crippen LogP contribution in [0.25, 0.3) is 23.8 Å². The molecular weight excluding hydrogens is 218 g/mol. The molecule has 1 heterocycles. The van der Waals surface area contributed by atoms with Crippen LogP contribution in [-0.2, 0) is 0 Å². The summed E-state index contributed by atoms with van der Waals surface area (Å²) in [7, 11) is 0. The third-order valence-electron chi connectivity index (χ3n) is 2.45. The number of nitrogens with zero attached hydrogens (tertiary/aromatic N) is 1. The van der Waals surface area contributed by atoms with Crippen LogP contribution in [0.5, 0.6) is 0 Å². The van der Waals surface area contributed by atoms with Crippen LogP contribution in [0.1, 0.15) is 13.8 Å². The maximum Gasteiger partial charge on any atom is 0.0702 e. The van der Waals surface area contributed by atoms with E-state index >= 15 is 0 Å². The summed E-state index contributed by atoms with van der Waals surface area (Å²) in [6, 6.07) is 12.2. The van der Waals surface area contributed by atoms with Gasteiger partial charge < -0.3 is 0 Å². The van der Waals surface area contributed by atoms with Crippen LogP contribution in [0.3, 0.4) is 0 Å². The predicted octanol–water partition coefficient (Wildman–Crippen LogP) is 3.15. The van der Waals surface area contributed by atoms with E-state index < -0.39 is 0 Å². The van der Waals surface area contributed by atoms with Gasteiger partial charge in [-0.1, -0.05) is 63.4 Å². The number of aromatic nitrogens is 1. The normalized spacial score (nSPS) is 10.4. The van der Waals surface area contributed by atoms with Crippen LogP contribution in [0.4, 0.5) is 0 Å². The molecule has 0 bridgehead atoms. The molecule has 0 fully saturated rings. The van der Waals surface area contributed by atoms with Crippen molar-refractivity contribution in [2.24, 2.45) is 0 Å². The fraction of sp³-hybridized carbons (Fsp3) is 0.118. The summed E-state index contributed by atoms with van der Waals surface area (Å²) in [6.07, 6.45) is 5.40. The SMILES string of the molecule is C=C/C=c1/nccc(-c2ccccc2)c1=C.CC. The maximum atomic E-state index is 4.26. The van der Waals surface area contributed by atoms with Gasteiger partial charge in [0.25, 0.3) is 0 Å². The van der Waals surface area contributed by atoms with E-state index in [4.69, 9.17) is 0 Å². The van der Waals surface area contributed by atoms with Gasteiger partial charge in [-0.3, -0.25) is 4.98 Å². The number of allylic oxidation sites excluding steroid dienone is 1. The lowest BCUT2D eigenvalue weighted by Crippen LogP contribution is -2.28. The highest BCUT2D eigenvalue weighted by Crippen LogP contribution is 2.12. The van der Waals surface area contributed by atoms with Gasteiger partial charge in [-0.25, -0.2) is 0 Å². The van der Waals surface area contributed by atoms with Crippen LogP contribution in [0.15, 0.2) is 55.3 Å². The third kappa shape index (κ3) is 3.17. The molecule has 1 aromatic heterocycles. The van der Waals surface area contributed by atoms with Gasteiger partial charge in [0.05, 0.1) is 5.35 Å². The Hall–Kier alpha value is -2.15. The van der Waals surface area contributed by atoms with Gasteiger partial charge in [-0.15, -0.1) is 0 Å². The van der Waals surface area contributed by atoms with E-state index in [1.807, 2.05) is 44.2 Å². The average Bonchev–Trinajstić information content (AvgIpc) is 2.45. The van der Waals surface area contributed by atoms with Gasteiger partial charge in [0.15, 0.2) is 0 Å². The summed E-state index contributed by atoms with van der Waals surface area (Å²) >= 11 is 0. The Morgan fingerprint density at radius 3 is 2.33 bits per heavy atom. The molecule has 0 saturated heterocycles. The summed E-state index contributed by atoms with van der Waals surface area (Å²) in [5, 5.41) is 1.81. The lowest BCUT2D eigenvalue weighted by molar-refractivity contribution is 1.23. The van der Waals surface area contributed by atoms with Crippen LogP contribution < -0.4 is 10.6 Å². The summed E-state index contributed by atoms with van der Waals surface area (Å²) < 4.78 is 0. The minimum atomic E-state index is 0.872. The van der Waals surface area contributed by atoms with E-state index in [-0.39, 0.29) is 0 Å². The highest BCUT2D eigenvalue weighted by molar-refractivity contribution is 5.64. The van der Waals surface area contributed by atoms with Crippen molar-refractivity contribution in [2.45, 2.75) is 13.8 Å². The number of benzene rings is 1. The van der Waals surface area contributed by atoms with Gasteiger partial charge >= 0.3 is 0 Å². The first kappa shape index (κ1) is 13.9. The van der Waals surface area contributed by atoms with Crippen molar-refractivity contribution in [2.75, 3.05) is 0 Å². The minimum Gasteiger partial charge on any atom is -0.256 e. The van der Waals surface area contributed by atoms with Crippen LogP contribution in [0.2, 0.25) is 0 Å². The standard InChI is InChI=1S/C15H13N.C2H6/c1-3-7-15-12(2)14(10-11-16-15)13-8-5-4-6-9-13;1-2/h3-11H,1-2H2;1-2H3/b15-7+;. The maximum absolute atomic E-state index is 4.26. The van der Waals surface area contributed by atoms with Crippen LogP contribution >= 0.6 is 0 Å². The Morgan fingerprint density at radius 1 is 1.06 bits per heavy atom. The molecule has 0 aliphatic carbocycles. The molecule has 2 rings (SSSR count). The molecule has 0 spiro atoms. The molecule has 1 aromatic carbocycles. The smallest absolute Gasteiger partial charge is 0.0702 e. The van der Waals surface area contributed by atoms with Gasteiger partial charge in [0, 0.05) is 11.4 Å². The second-order valence-corrected chi connectivity index (χ2v) is 3.49. The van der Waals surface area contributed by atoms with Gasteiger partial charge in [-0.05, 0) is 23.3 Å². The zero-order valence-corrected chi connectivity index (χ0v) is 11.1. The first-order valence-corrected chi connectivity index (χ1v) is 6.15. The molecule has 0 saturated carbocycles. The first-order chi connectivity index (χ1) is 8.83. The average molecular weight is 237 g/mol. The molecular formula is C17H19N. The van der Waals surface area contributed by atoms with Crippen molar-refractivity contribution in [1.82, 2.24) is 4.98 Å². The number of hydrogen-bond acceptors (Lipinski definition) is 1. The van der Waals surface area contributed by atoms with Crippen molar-refractivity contribution in [3.63, 3.8) is 0 Å². The number of rotatable bonds is 2. The molecule has 1 heteroatoms. The first-order valence-electron chi connectivity index (χ1n) is 6.15. The van der Waals surface area contributed by atoms with Crippen molar-refractivity contribution >= 4 is 12.7 Å². The summed E-state index contributed by atoms with van der Waals surface area (Å²) in [4.78, 5) is 4.26. The van der Waals surface area contributed by atoms with Crippen molar-refractivity contribution < 1.29 is 0 Å². The molecule has 1 nitrogen and oxygen atoms in total. The molecule has 0 atom stereocenters. The second kappa shape index (κ2) is 7.23. The lowest BCUT2D eigenvalue weighted by Gasteiger charge is -2.01. The second-order valence-electron chi connectivity index (χ2n) is 3.49. The predicted molar refractivity (Wildman–Crippen MR) is 80.5 cm³/mol. The van der Waals surface area contributed by atoms with Gasteiger partial charge in [-0.2, -0.15) is 0 Å². The molecule has 0 aliphatic rings. The van der Waals surface area contributed by atoms with Gasteiger partial charge in [0.1, 0.15) is 0 Å². The lowest BCUT2D eigenvalue weighted by atomic mass is 10.1. The van der Waals surface area contributed by atoms with E-state index in [1.54, 1.807) is 12.3 Å². The molecule has 0 N–H and O–H groups in total. The van der Waals surface area contributed by atoms with Gasteiger partial charge in [0.2, 0.25) is 0 Å². The third-order valence-corrected chi connectivity index (χ3v) is 2.45. The van der Waals surface area contributed by atoms with Crippen molar-refractivity contribution in [3.05, 3.63) is 65.8 Å². The number of pyridine rings is 1. The largest absolute Gasteiger partial charge is 0.256 e. The summed E-state index contributed by atoms with van der Waals surface area (Å²) in [5.41, 5.74) is 2.28.